The fraction of sp³-hybridized carbons (Fsp3) is 0.727. The average molecular weight is 226 g/mol. The number of hydrogen-bond acceptors (Lipinski definition) is 2. The number of hydrogen-bond donors (Lipinski definition) is 1. The Bertz CT molecular complexity index is 406. The van der Waals surface area contributed by atoms with E-state index in [-0.39, 0.29) is 5.54 Å². The van der Waals surface area contributed by atoms with Crippen LogP contribution in [0, 0.1) is 6.92 Å². The molecule has 1 aromatic heterocycles. The zero-order valence-corrected chi connectivity index (χ0v) is 9.72. The summed E-state index contributed by atoms with van der Waals surface area (Å²) in [6.45, 7) is 3.07. The minimum Gasteiger partial charge on any atom is -0.331 e. The van der Waals surface area contributed by atoms with Crippen molar-refractivity contribution in [2.45, 2.75) is 50.6 Å². The van der Waals surface area contributed by atoms with E-state index in [9.17, 15) is 0 Å². The molecule has 3 rings (SSSR count). The van der Waals surface area contributed by atoms with Crippen LogP contribution in [0.15, 0.2) is 0 Å². The van der Waals surface area contributed by atoms with Gasteiger partial charge in [0.25, 0.3) is 0 Å². The maximum absolute atomic E-state index is 6.31. The number of fused-ring (bicyclic) bond motifs is 1. The van der Waals surface area contributed by atoms with Gasteiger partial charge >= 0.3 is 0 Å². The summed E-state index contributed by atoms with van der Waals surface area (Å²) in [6.07, 6.45) is 4.64. The molecule has 2 heterocycles. The number of nitrogens with zero attached hydrogens (tertiary/aromatic N) is 2. The Kier molecular flexibility index (Phi) is 1.92. The Morgan fingerprint density at radius 2 is 2.27 bits per heavy atom. The standard InChI is InChI=1S/C11H16ClN3/c1-7-14-10(12)9-8(11(13)4-5-11)3-2-6-15(7)9/h8H,2-6,13H2,1H3. The molecule has 3 nitrogen and oxygen atoms in total. The van der Waals surface area contributed by atoms with Crippen molar-refractivity contribution in [3.63, 3.8) is 0 Å². The fourth-order valence-electron chi connectivity index (χ4n) is 2.80. The van der Waals surface area contributed by atoms with Crippen LogP contribution in [0.1, 0.15) is 43.1 Å². The average Bonchev–Trinajstić information content (AvgIpc) is 2.89. The Morgan fingerprint density at radius 1 is 1.53 bits per heavy atom. The van der Waals surface area contributed by atoms with Crippen LogP contribution in [0.25, 0.3) is 0 Å². The van der Waals surface area contributed by atoms with Gasteiger partial charge < -0.3 is 10.3 Å². The van der Waals surface area contributed by atoms with Gasteiger partial charge in [-0.3, -0.25) is 0 Å². The van der Waals surface area contributed by atoms with Gasteiger partial charge in [0.05, 0.1) is 5.69 Å². The van der Waals surface area contributed by atoms with Crippen molar-refractivity contribution in [1.82, 2.24) is 9.55 Å². The van der Waals surface area contributed by atoms with E-state index in [1.807, 2.05) is 6.92 Å². The molecule has 1 aliphatic heterocycles. The van der Waals surface area contributed by atoms with Gasteiger partial charge in [-0.25, -0.2) is 4.98 Å². The van der Waals surface area contributed by atoms with Crippen molar-refractivity contribution < 1.29 is 0 Å². The van der Waals surface area contributed by atoms with Gasteiger partial charge in [-0.05, 0) is 32.6 Å². The van der Waals surface area contributed by atoms with Crippen molar-refractivity contribution in [2.75, 3.05) is 0 Å². The van der Waals surface area contributed by atoms with Crippen molar-refractivity contribution in [2.24, 2.45) is 5.73 Å². The topological polar surface area (TPSA) is 43.8 Å². The highest BCUT2D eigenvalue weighted by Gasteiger charge is 2.49. The Labute approximate surface area is 94.6 Å². The molecule has 0 spiro atoms. The third-order valence-electron chi connectivity index (χ3n) is 3.88. The summed E-state index contributed by atoms with van der Waals surface area (Å²) in [7, 11) is 0. The highest BCUT2D eigenvalue weighted by atomic mass is 35.5. The second kappa shape index (κ2) is 2.98. The first kappa shape index (κ1) is 9.67. The first-order chi connectivity index (χ1) is 7.12. The molecular weight excluding hydrogens is 210 g/mol. The summed E-state index contributed by atoms with van der Waals surface area (Å²) in [4.78, 5) is 4.36. The molecule has 1 atom stereocenters. The third kappa shape index (κ3) is 1.33. The first-order valence-corrected chi connectivity index (χ1v) is 6.01. The quantitative estimate of drug-likeness (QED) is 0.797. The highest BCUT2D eigenvalue weighted by molar-refractivity contribution is 6.30. The lowest BCUT2D eigenvalue weighted by molar-refractivity contribution is 0.386. The zero-order chi connectivity index (χ0) is 10.6. The van der Waals surface area contributed by atoms with Crippen molar-refractivity contribution in [1.29, 1.82) is 0 Å². The molecular formula is C11H16ClN3. The minimum absolute atomic E-state index is 0.0221. The predicted molar refractivity (Wildman–Crippen MR) is 60.1 cm³/mol. The molecule has 1 saturated carbocycles. The molecule has 4 heteroatoms. The van der Waals surface area contributed by atoms with Crippen molar-refractivity contribution >= 4 is 11.6 Å². The van der Waals surface area contributed by atoms with Gasteiger partial charge in [-0.15, -0.1) is 0 Å². The number of imidazole rings is 1. The molecule has 2 N–H and O–H groups in total. The Morgan fingerprint density at radius 3 is 2.93 bits per heavy atom. The van der Waals surface area contributed by atoms with E-state index in [0.717, 1.165) is 25.2 Å². The van der Waals surface area contributed by atoms with Crippen molar-refractivity contribution in [3.05, 3.63) is 16.7 Å². The summed E-state index contributed by atoms with van der Waals surface area (Å²) < 4.78 is 2.25. The second-order valence-corrected chi connectivity index (χ2v) is 5.27. The van der Waals surface area contributed by atoms with E-state index in [1.165, 1.54) is 18.5 Å². The molecule has 0 amide bonds. The second-order valence-electron chi connectivity index (χ2n) is 4.91. The van der Waals surface area contributed by atoms with Crippen LogP contribution in [0.5, 0.6) is 0 Å². The maximum atomic E-state index is 6.31. The van der Waals surface area contributed by atoms with Gasteiger partial charge in [-0.2, -0.15) is 0 Å². The van der Waals surface area contributed by atoms with E-state index in [2.05, 4.69) is 9.55 Å². The normalized spacial score (nSPS) is 27.5. The van der Waals surface area contributed by atoms with E-state index >= 15 is 0 Å². The molecule has 0 aromatic carbocycles. The number of aromatic nitrogens is 2. The Balaban J connectivity index is 2.09. The molecule has 0 saturated heterocycles. The molecule has 1 unspecified atom stereocenters. The molecule has 0 radical (unpaired) electrons. The molecule has 1 aromatic rings. The molecule has 15 heavy (non-hydrogen) atoms. The van der Waals surface area contributed by atoms with Crippen LogP contribution in [0.4, 0.5) is 0 Å². The van der Waals surface area contributed by atoms with Gasteiger partial charge in [0.15, 0.2) is 5.15 Å². The summed E-state index contributed by atoms with van der Waals surface area (Å²) >= 11 is 6.20. The van der Waals surface area contributed by atoms with E-state index in [0.29, 0.717) is 11.1 Å². The number of halogens is 1. The van der Waals surface area contributed by atoms with Crippen LogP contribution >= 0.6 is 11.6 Å². The number of rotatable bonds is 1. The van der Waals surface area contributed by atoms with E-state index < -0.39 is 0 Å². The SMILES string of the molecule is Cc1nc(Cl)c2n1CCCC2C1(N)CC1. The van der Waals surface area contributed by atoms with E-state index in [1.54, 1.807) is 0 Å². The molecule has 2 aliphatic rings. The zero-order valence-electron chi connectivity index (χ0n) is 8.96. The Hall–Kier alpha value is -0.540. The first-order valence-electron chi connectivity index (χ1n) is 5.63. The summed E-state index contributed by atoms with van der Waals surface area (Å²) in [6, 6.07) is 0. The monoisotopic (exact) mass is 225 g/mol. The number of aryl methyl sites for hydroxylation is 1. The lowest BCUT2D eigenvalue weighted by Crippen LogP contribution is -2.34. The van der Waals surface area contributed by atoms with Crippen LogP contribution < -0.4 is 5.73 Å². The third-order valence-corrected chi connectivity index (χ3v) is 4.16. The molecule has 1 aliphatic carbocycles. The smallest absolute Gasteiger partial charge is 0.150 e. The highest BCUT2D eigenvalue weighted by Crippen LogP contribution is 2.50. The minimum atomic E-state index is 0.0221. The van der Waals surface area contributed by atoms with Gasteiger partial charge in [0.1, 0.15) is 5.82 Å². The van der Waals surface area contributed by atoms with Crippen molar-refractivity contribution in [3.8, 4) is 0 Å². The summed E-state index contributed by atoms with van der Waals surface area (Å²) in [5.41, 5.74) is 7.53. The molecule has 1 fully saturated rings. The lowest BCUT2D eigenvalue weighted by atomic mass is 9.87. The van der Waals surface area contributed by atoms with Crippen LogP contribution in [0.3, 0.4) is 0 Å². The molecule has 82 valence electrons. The van der Waals surface area contributed by atoms with E-state index in [4.69, 9.17) is 17.3 Å². The van der Waals surface area contributed by atoms with Crippen LogP contribution in [-0.4, -0.2) is 15.1 Å². The largest absolute Gasteiger partial charge is 0.331 e. The fourth-order valence-corrected chi connectivity index (χ4v) is 3.16. The lowest BCUT2D eigenvalue weighted by Gasteiger charge is -2.29. The van der Waals surface area contributed by atoms with Gasteiger partial charge in [-0.1, -0.05) is 11.6 Å². The number of nitrogens with two attached hydrogens (primary N) is 1. The van der Waals surface area contributed by atoms with Crippen LogP contribution in [0.2, 0.25) is 5.15 Å². The predicted octanol–water partition coefficient (Wildman–Crippen LogP) is 2.21. The van der Waals surface area contributed by atoms with Gasteiger partial charge in [0.2, 0.25) is 0 Å². The van der Waals surface area contributed by atoms with Crippen LogP contribution in [-0.2, 0) is 6.54 Å². The summed E-state index contributed by atoms with van der Waals surface area (Å²) in [5.74, 6) is 1.46. The maximum Gasteiger partial charge on any atom is 0.150 e. The summed E-state index contributed by atoms with van der Waals surface area (Å²) in [5, 5.41) is 0.675. The van der Waals surface area contributed by atoms with Gasteiger partial charge in [0, 0.05) is 18.0 Å². The molecule has 0 bridgehead atoms.